The lowest BCUT2D eigenvalue weighted by Crippen LogP contribution is -2.24. The third-order valence-corrected chi connectivity index (χ3v) is 4.48. The summed E-state index contributed by atoms with van der Waals surface area (Å²) in [6.07, 6.45) is 3.51. The van der Waals surface area contributed by atoms with E-state index in [0.717, 1.165) is 41.4 Å². The highest BCUT2D eigenvalue weighted by atomic mass is 16.3. The van der Waals surface area contributed by atoms with E-state index in [4.69, 9.17) is 4.42 Å². The zero-order valence-corrected chi connectivity index (χ0v) is 14.0. The molecule has 1 atom stereocenters. The smallest absolute Gasteiger partial charge is 0.153 e. The van der Waals surface area contributed by atoms with E-state index in [1.807, 2.05) is 36.7 Å². The minimum Gasteiger partial charge on any atom is -0.458 e. The minimum absolute atomic E-state index is 0.152. The number of rotatable bonds is 6. The largest absolute Gasteiger partial charge is 0.458 e. The van der Waals surface area contributed by atoms with Gasteiger partial charge in [0.1, 0.15) is 11.5 Å². The van der Waals surface area contributed by atoms with Crippen molar-refractivity contribution in [3.8, 4) is 22.7 Å². The van der Waals surface area contributed by atoms with Crippen molar-refractivity contribution in [1.29, 1.82) is 0 Å². The van der Waals surface area contributed by atoms with Gasteiger partial charge in [-0.2, -0.15) is 0 Å². The molecule has 0 aliphatic carbocycles. The van der Waals surface area contributed by atoms with Crippen molar-refractivity contribution in [2.45, 2.75) is 25.4 Å². The highest BCUT2D eigenvalue weighted by Gasteiger charge is 2.22. The minimum atomic E-state index is 0.152. The van der Waals surface area contributed by atoms with Crippen LogP contribution in [0.1, 0.15) is 24.6 Å². The fourth-order valence-corrected chi connectivity index (χ4v) is 3.22. The molecule has 1 saturated heterocycles. The highest BCUT2D eigenvalue weighted by molar-refractivity contribution is 5.76. The molecule has 130 valence electrons. The van der Waals surface area contributed by atoms with Crippen LogP contribution in [0.25, 0.3) is 22.7 Å². The number of imidazole rings is 1. The van der Waals surface area contributed by atoms with Gasteiger partial charge in [-0.25, -0.2) is 10.4 Å². The van der Waals surface area contributed by atoms with Crippen molar-refractivity contribution in [1.82, 2.24) is 20.4 Å². The van der Waals surface area contributed by atoms with Gasteiger partial charge < -0.3 is 14.1 Å². The van der Waals surface area contributed by atoms with Crippen LogP contribution in [0.4, 0.5) is 0 Å². The van der Waals surface area contributed by atoms with Gasteiger partial charge in [0.05, 0.1) is 18.1 Å². The monoisotopic (exact) mass is 338 g/mol. The molecular weight excluding hydrogens is 316 g/mol. The number of furan rings is 1. The van der Waals surface area contributed by atoms with Crippen molar-refractivity contribution in [2.24, 2.45) is 0 Å². The molecule has 1 aliphatic rings. The summed E-state index contributed by atoms with van der Waals surface area (Å²) in [5.41, 5.74) is 9.27. The van der Waals surface area contributed by atoms with Gasteiger partial charge in [-0.05, 0) is 25.0 Å². The standard InChI is InChI=1S/C19H22N4O2/c24-12-4-11-23-13-20-18(14-5-2-1-3-6-14)19(23)17-8-7-16(25-17)15-9-10-21-22-15/h1-3,5-8,13,15,21-22,24H,4,9-12H2. The molecule has 6 nitrogen and oxygen atoms in total. The van der Waals surface area contributed by atoms with Crippen LogP contribution in [0.15, 0.2) is 53.2 Å². The van der Waals surface area contributed by atoms with Crippen molar-refractivity contribution in [3.63, 3.8) is 0 Å². The maximum Gasteiger partial charge on any atom is 0.153 e. The van der Waals surface area contributed by atoms with Crippen LogP contribution in [0.5, 0.6) is 0 Å². The van der Waals surface area contributed by atoms with Crippen LogP contribution in [-0.2, 0) is 6.54 Å². The number of aryl methyl sites for hydroxylation is 1. The zero-order valence-electron chi connectivity index (χ0n) is 14.0. The Bertz CT molecular complexity index is 819. The lowest BCUT2D eigenvalue weighted by Gasteiger charge is -2.09. The first-order valence-corrected chi connectivity index (χ1v) is 8.66. The average molecular weight is 338 g/mol. The van der Waals surface area contributed by atoms with E-state index >= 15 is 0 Å². The number of aliphatic hydroxyl groups excluding tert-OH is 1. The number of aliphatic hydroxyl groups is 1. The maximum absolute atomic E-state index is 9.19. The van der Waals surface area contributed by atoms with Gasteiger partial charge in [0, 0.05) is 25.3 Å². The Labute approximate surface area is 146 Å². The first-order valence-electron chi connectivity index (χ1n) is 8.66. The van der Waals surface area contributed by atoms with E-state index in [1.165, 1.54) is 0 Å². The van der Waals surface area contributed by atoms with Gasteiger partial charge in [0.25, 0.3) is 0 Å². The average Bonchev–Trinajstić information content (AvgIpc) is 3.39. The fourth-order valence-electron chi connectivity index (χ4n) is 3.22. The van der Waals surface area contributed by atoms with Crippen molar-refractivity contribution < 1.29 is 9.52 Å². The summed E-state index contributed by atoms with van der Waals surface area (Å²) in [6, 6.07) is 14.3. The Morgan fingerprint density at radius 3 is 2.84 bits per heavy atom. The van der Waals surface area contributed by atoms with Crippen molar-refractivity contribution in [3.05, 3.63) is 54.6 Å². The summed E-state index contributed by atoms with van der Waals surface area (Å²) in [5.74, 6) is 1.73. The number of nitrogens with one attached hydrogen (secondary N) is 2. The van der Waals surface area contributed by atoms with E-state index in [2.05, 4.69) is 32.5 Å². The molecule has 1 fully saturated rings. The Morgan fingerprint density at radius 1 is 1.20 bits per heavy atom. The molecule has 1 unspecified atom stereocenters. The van der Waals surface area contributed by atoms with Crippen LogP contribution >= 0.6 is 0 Å². The van der Waals surface area contributed by atoms with Gasteiger partial charge in [-0.3, -0.25) is 5.43 Å². The zero-order chi connectivity index (χ0) is 17.1. The molecule has 0 spiro atoms. The molecule has 2 aromatic heterocycles. The van der Waals surface area contributed by atoms with Gasteiger partial charge in [0.15, 0.2) is 5.76 Å². The van der Waals surface area contributed by atoms with E-state index in [1.54, 1.807) is 0 Å². The third kappa shape index (κ3) is 3.24. The quantitative estimate of drug-likeness (QED) is 0.644. The molecule has 25 heavy (non-hydrogen) atoms. The van der Waals surface area contributed by atoms with E-state index in [-0.39, 0.29) is 12.6 Å². The number of aromatic nitrogens is 2. The van der Waals surface area contributed by atoms with Gasteiger partial charge in [-0.1, -0.05) is 30.3 Å². The number of hydrogen-bond acceptors (Lipinski definition) is 5. The molecule has 0 amide bonds. The second kappa shape index (κ2) is 7.23. The molecule has 6 heteroatoms. The normalized spacial score (nSPS) is 17.2. The predicted molar refractivity (Wildman–Crippen MR) is 95.6 cm³/mol. The molecule has 0 saturated carbocycles. The second-order valence-corrected chi connectivity index (χ2v) is 6.19. The SMILES string of the molecule is OCCCn1cnc(-c2ccccc2)c1-c1ccc(C2CCNN2)o1. The van der Waals surface area contributed by atoms with Crippen LogP contribution in [0, 0.1) is 0 Å². The lowest BCUT2D eigenvalue weighted by atomic mass is 10.1. The number of hydrogen-bond donors (Lipinski definition) is 3. The van der Waals surface area contributed by atoms with Gasteiger partial charge in [0.2, 0.25) is 0 Å². The van der Waals surface area contributed by atoms with E-state index < -0.39 is 0 Å². The second-order valence-electron chi connectivity index (χ2n) is 6.19. The summed E-state index contributed by atoms with van der Waals surface area (Å²) < 4.78 is 8.23. The molecule has 3 N–H and O–H groups in total. The van der Waals surface area contributed by atoms with Gasteiger partial charge in [-0.15, -0.1) is 0 Å². The summed E-state index contributed by atoms with van der Waals surface area (Å²) in [4.78, 5) is 4.62. The van der Waals surface area contributed by atoms with Crippen molar-refractivity contribution >= 4 is 0 Å². The van der Waals surface area contributed by atoms with Crippen LogP contribution < -0.4 is 10.9 Å². The Hall–Kier alpha value is -2.41. The van der Waals surface area contributed by atoms with Crippen LogP contribution in [0.2, 0.25) is 0 Å². The topological polar surface area (TPSA) is 75.2 Å². The summed E-state index contributed by atoms with van der Waals surface area (Å²) in [6.45, 7) is 1.79. The first-order chi connectivity index (χ1) is 12.4. The first kappa shape index (κ1) is 16.1. The summed E-state index contributed by atoms with van der Waals surface area (Å²) in [5, 5.41) is 9.19. The van der Waals surface area contributed by atoms with E-state index in [0.29, 0.717) is 13.0 Å². The predicted octanol–water partition coefficient (Wildman–Crippen LogP) is 2.73. The third-order valence-electron chi connectivity index (χ3n) is 4.48. The molecule has 4 rings (SSSR count). The summed E-state index contributed by atoms with van der Waals surface area (Å²) in [7, 11) is 0. The highest BCUT2D eigenvalue weighted by Crippen LogP contribution is 2.34. The number of hydrazine groups is 1. The molecule has 1 aliphatic heterocycles. The molecule has 1 aromatic carbocycles. The molecule has 0 bridgehead atoms. The summed E-state index contributed by atoms with van der Waals surface area (Å²) >= 11 is 0. The number of nitrogens with zero attached hydrogens (tertiary/aromatic N) is 2. The molecular formula is C19H22N4O2. The Kier molecular flexibility index (Phi) is 4.65. The fraction of sp³-hybridized carbons (Fsp3) is 0.316. The maximum atomic E-state index is 9.19. The molecule has 3 heterocycles. The van der Waals surface area contributed by atoms with Crippen LogP contribution in [-0.4, -0.2) is 27.8 Å². The molecule has 3 aromatic rings. The van der Waals surface area contributed by atoms with Crippen molar-refractivity contribution in [2.75, 3.05) is 13.2 Å². The molecule has 0 radical (unpaired) electrons. The Morgan fingerprint density at radius 2 is 2.08 bits per heavy atom. The number of benzene rings is 1. The van der Waals surface area contributed by atoms with Crippen LogP contribution in [0.3, 0.4) is 0 Å². The lowest BCUT2D eigenvalue weighted by molar-refractivity contribution is 0.280. The van der Waals surface area contributed by atoms with Gasteiger partial charge >= 0.3 is 0 Å². The van der Waals surface area contributed by atoms with E-state index in [9.17, 15) is 5.11 Å². The Balaban J connectivity index is 1.74.